The van der Waals surface area contributed by atoms with E-state index < -0.39 is 17.5 Å². The zero-order chi connectivity index (χ0) is 50.7. The van der Waals surface area contributed by atoms with Crippen LogP contribution in [-0.2, 0) is 28.6 Å². The minimum Gasteiger partial charge on any atom is -0.465 e. The molecule has 10 nitrogen and oxygen atoms in total. The number of ether oxygens (including phenoxy) is 7. The van der Waals surface area contributed by atoms with Crippen LogP contribution in [0.5, 0.6) is 23.0 Å². The molecule has 0 spiro atoms. The van der Waals surface area contributed by atoms with E-state index in [0.717, 1.165) is 65.6 Å². The maximum atomic E-state index is 13.2. The third-order valence-corrected chi connectivity index (χ3v) is 26.0. The molecule has 6 aliphatic heterocycles. The molecule has 9 rings (SSSR count). The number of fused-ring (bicyclic) bond motifs is 6. The van der Waals surface area contributed by atoms with Crippen LogP contribution in [0.3, 0.4) is 0 Å². The second-order valence-electron chi connectivity index (χ2n) is 19.5. The lowest BCUT2D eigenvalue weighted by molar-refractivity contribution is -0.140. The van der Waals surface area contributed by atoms with Crippen molar-refractivity contribution in [3.63, 3.8) is 0 Å². The highest BCUT2D eigenvalue weighted by Gasteiger charge is 2.54. The standard InChI is InChI=1S/C49H58O10S11/c1-16-53-22(50)19-60-37-31-29(56-44(4,5)58-31)26(30-32(37)59-45(6,7)57-30)25(27-33-40(67-46(8,9)63-33)38(61-20-23(51)54-17-2)41-34(27)64-47(10,11)68-41)28-35-42(69-48(12,13)65-35)39(62-21-24(52)55-18-3)43-36(28)66-49(14,15)70-43/h25H,16-21H2,1-15H3. The molecule has 0 unspecified atom stereocenters. The summed E-state index contributed by atoms with van der Waals surface area (Å²) >= 11 is 19.3. The Morgan fingerprint density at radius 2 is 0.657 bits per heavy atom. The number of benzene rings is 3. The van der Waals surface area contributed by atoms with Crippen LogP contribution in [0.2, 0.25) is 0 Å². The van der Waals surface area contributed by atoms with E-state index in [1.54, 1.807) is 30.4 Å². The lowest BCUT2D eigenvalue weighted by Crippen LogP contribution is -2.31. The Balaban J connectivity index is 1.43. The highest BCUT2D eigenvalue weighted by atomic mass is 32.2. The molecule has 0 amide bonds. The molecular formula is C49H58O10S11. The Kier molecular flexibility index (Phi) is 15.1. The summed E-state index contributed by atoms with van der Waals surface area (Å²) in [4.78, 5) is 51.5. The van der Waals surface area contributed by atoms with Crippen molar-refractivity contribution in [3.05, 3.63) is 16.7 Å². The van der Waals surface area contributed by atoms with Crippen LogP contribution in [0.4, 0.5) is 0 Å². The molecule has 3 aromatic rings. The van der Waals surface area contributed by atoms with Crippen LogP contribution in [0.1, 0.15) is 126 Å². The third kappa shape index (κ3) is 10.5. The van der Waals surface area contributed by atoms with Crippen molar-refractivity contribution in [2.75, 3.05) is 37.1 Å². The first-order chi connectivity index (χ1) is 32.7. The molecule has 0 aliphatic carbocycles. The van der Waals surface area contributed by atoms with Gasteiger partial charge in [-0.1, -0.05) is 0 Å². The predicted octanol–water partition coefficient (Wildman–Crippen LogP) is 15.6. The number of carbonyl (C=O) groups excluding carboxylic acids is 3. The lowest BCUT2D eigenvalue weighted by Gasteiger charge is -2.31. The second kappa shape index (κ2) is 19.6. The van der Waals surface area contributed by atoms with E-state index in [0.29, 0.717) is 41.1 Å². The Bertz CT molecular complexity index is 2290. The molecule has 70 heavy (non-hydrogen) atoms. The summed E-state index contributed by atoms with van der Waals surface area (Å²) in [7, 11) is 0. The summed E-state index contributed by atoms with van der Waals surface area (Å²) in [5, 5.41) is 0. The van der Waals surface area contributed by atoms with E-state index >= 15 is 0 Å². The average Bonchev–Trinajstić information content (AvgIpc) is 4.05. The molecule has 6 heterocycles. The Morgan fingerprint density at radius 1 is 0.400 bits per heavy atom. The summed E-state index contributed by atoms with van der Waals surface area (Å²) in [5.74, 6) is -1.07. The van der Waals surface area contributed by atoms with E-state index in [2.05, 4.69) is 55.4 Å². The first kappa shape index (κ1) is 53.9. The first-order valence-electron chi connectivity index (χ1n) is 23.0. The summed E-state index contributed by atoms with van der Waals surface area (Å²) in [6.45, 7) is 32.2. The largest absolute Gasteiger partial charge is 0.465 e. The van der Waals surface area contributed by atoms with Gasteiger partial charge in [-0.25, -0.2) is 0 Å². The predicted molar refractivity (Wildman–Crippen MR) is 296 cm³/mol. The van der Waals surface area contributed by atoms with Gasteiger partial charge < -0.3 is 33.2 Å². The minimum atomic E-state index is -1.10. The van der Waals surface area contributed by atoms with Crippen LogP contribution in [0.25, 0.3) is 0 Å². The van der Waals surface area contributed by atoms with E-state index in [-0.39, 0.29) is 58.1 Å². The summed E-state index contributed by atoms with van der Waals surface area (Å²) in [6.07, 6.45) is 0. The van der Waals surface area contributed by atoms with Crippen LogP contribution >= 0.6 is 129 Å². The van der Waals surface area contributed by atoms with E-state index in [1.807, 2.05) is 136 Å². The van der Waals surface area contributed by atoms with Gasteiger partial charge in [0.25, 0.3) is 0 Å². The van der Waals surface area contributed by atoms with Crippen molar-refractivity contribution in [1.82, 2.24) is 0 Å². The van der Waals surface area contributed by atoms with E-state index in [4.69, 9.17) is 33.2 Å². The minimum absolute atomic E-state index is 0.0265. The third-order valence-electron chi connectivity index (χ3n) is 10.9. The van der Waals surface area contributed by atoms with Crippen molar-refractivity contribution in [3.8, 4) is 23.0 Å². The van der Waals surface area contributed by atoms with Crippen LogP contribution < -0.4 is 18.9 Å². The number of esters is 3. The molecule has 3 aromatic carbocycles. The van der Waals surface area contributed by atoms with Crippen LogP contribution in [0, 0.1) is 0 Å². The fourth-order valence-corrected chi connectivity index (χ4v) is 24.3. The lowest BCUT2D eigenvalue weighted by atomic mass is 9.83. The van der Waals surface area contributed by atoms with E-state index in [1.165, 1.54) is 11.8 Å². The van der Waals surface area contributed by atoms with Crippen molar-refractivity contribution >= 4 is 147 Å². The summed E-state index contributed by atoms with van der Waals surface area (Å²) < 4.78 is 43.5. The maximum Gasteiger partial charge on any atom is 0.316 e. The average molecular weight is 1160 g/mol. The smallest absolute Gasteiger partial charge is 0.316 e. The zero-order valence-electron chi connectivity index (χ0n) is 41.9. The molecule has 0 saturated heterocycles. The Labute approximate surface area is 458 Å². The van der Waals surface area contributed by atoms with Crippen molar-refractivity contribution in [1.29, 1.82) is 0 Å². The van der Waals surface area contributed by atoms with Crippen LogP contribution in [-0.4, -0.2) is 82.9 Å². The van der Waals surface area contributed by atoms with Gasteiger partial charge in [-0.3, -0.25) is 14.4 Å². The summed E-state index contributed by atoms with van der Waals surface area (Å²) in [5.41, 5.74) is 3.10. The normalized spacial score (nSPS) is 20.3. The molecule has 21 heteroatoms. The van der Waals surface area contributed by atoms with Gasteiger partial charge in [0.1, 0.15) is 4.90 Å². The summed E-state index contributed by atoms with van der Waals surface area (Å²) in [6, 6.07) is 0. The molecule has 0 N–H and O–H groups in total. The number of rotatable bonds is 15. The molecule has 6 aliphatic rings. The quantitative estimate of drug-likeness (QED) is 0.0621. The van der Waals surface area contributed by atoms with E-state index in [9.17, 15) is 14.4 Å². The van der Waals surface area contributed by atoms with Gasteiger partial charge in [-0.05, 0) is 87.3 Å². The topological polar surface area (TPSA) is 116 Å². The van der Waals surface area contributed by atoms with Crippen molar-refractivity contribution in [2.45, 2.75) is 192 Å². The van der Waals surface area contributed by atoms with Gasteiger partial charge in [-0.2, -0.15) is 0 Å². The molecule has 380 valence electrons. The van der Waals surface area contributed by atoms with Crippen molar-refractivity contribution < 1.29 is 47.5 Å². The molecule has 0 atom stereocenters. The van der Waals surface area contributed by atoms with Gasteiger partial charge >= 0.3 is 17.9 Å². The van der Waals surface area contributed by atoms with Crippen molar-refractivity contribution in [2.24, 2.45) is 0 Å². The number of thioether (sulfide) groups is 11. The van der Waals surface area contributed by atoms with Gasteiger partial charge in [0.15, 0.2) is 23.0 Å². The molecule has 0 fully saturated rings. The molecule has 0 aromatic heterocycles. The SMILES string of the molecule is CCOC(=O)CSc1c2c(c(C(c3c4c(c(SCC(=O)OCC)c5c3SC(C)(C)S5)SC(C)(C)S4)c3c4c(c(SCC(=O)OCC)c5c3SC(C)(C)S5)SC(C)(C)S4)c3c1OC(C)(C)O3)OC(C)(C)O2. The zero-order valence-corrected chi connectivity index (χ0v) is 50.9. The van der Waals surface area contributed by atoms with Gasteiger partial charge in [0.05, 0.1) is 59.0 Å². The molecule has 0 bridgehead atoms. The number of hydrogen-bond acceptors (Lipinski definition) is 21. The maximum absolute atomic E-state index is 13.2. The Morgan fingerprint density at radius 3 is 0.943 bits per heavy atom. The fourth-order valence-electron chi connectivity index (χ4n) is 8.82. The molecule has 0 saturated carbocycles. The number of carbonyl (C=O) groups is 3. The van der Waals surface area contributed by atoms with Gasteiger partial charge in [0.2, 0.25) is 11.6 Å². The van der Waals surface area contributed by atoms with Gasteiger partial charge in [0, 0.05) is 82.6 Å². The fraction of sp³-hybridized carbons (Fsp3) is 0.571. The molecule has 0 radical (unpaired) electrons. The monoisotopic (exact) mass is 1160 g/mol. The number of hydrogen-bond donors (Lipinski definition) is 0. The molecular weight excluding hydrogens is 1100 g/mol. The Hall–Kier alpha value is -0.880. The van der Waals surface area contributed by atoms with Crippen LogP contribution in [0.15, 0.2) is 53.9 Å². The van der Waals surface area contributed by atoms with Gasteiger partial charge in [-0.15, -0.1) is 129 Å². The highest BCUT2D eigenvalue weighted by Crippen LogP contribution is 2.75. The first-order valence-corrected chi connectivity index (χ1v) is 32.5. The highest BCUT2D eigenvalue weighted by molar-refractivity contribution is 8.23. The second-order valence-corrected chi connectivity index (χ2v) is 36.6.